The molecule has 23 nitrogen and oxygen atoms in total. The number of halogens is 13. The maximum absolute atomic E-state index is 13.9. The molecule has 4 fully saturated rings. The number of carbonyl (C=O) groups excluding carboxylic acids is 4. The van der Waals surface area contributed by atoms with Gasteiger partial charge >= 0.3 is 6.18 Å². The van der Waals surface area contributed by atoms with Crippen LogP contribution in [0, 0.1) is 72.1 Å². The first-order chi connectivity index (χ1) is 59.0. The number of amides is 4. The lowest BCUT2D eigenvalue weighted by Gasteiger charge is -2.27. The van der Waals surface area contributed by atoms with Crippen LogP contribution in [0.4, 0.5) is 22.0 Å². The second-order valence-corrected chi connectivity index (χ2v) is 33.6. The van der Waals surface area contributed by atoms with Crippen LogP contribution >= 0.6 is 92.8 Å². The highest BCUT2D eigenvalue weighted by atomic mass is 35.5. The Kier molecular flexibility index (Phi) is 28.6. The van der Waals surface area contributed by atoms with E-state index in [1.54, 1.807) is 114 Å². The number of carbonyl (C=O) groups is 4. The molecule has 0 N–H and O–H groups in total. The Bertz CT molecular complexity index is 6270. The Labute approximate surface area is 751 Å². The van der Waals surface area contributed by atoms with Crippen molar-refractivity contribution in [2.45, 2.75) is 113 Å². The topological polar surface area (TPSA) is 242 Å². The predicted molar refractivity (Wildman–Crippen MR) is 468 cm³/mol. The lowest BCUT2D eigenvalue weighted by molar-refractivity contribution is -0.137. The molecule has 16 rings (SSSR count). The zero-order valence-electron chi connectivity index (χ0n) is 68.9. The third-order valence-corrected chi connectivity index (χ3v) is 25.3. The first-order valence-corrected chi connectivity index (χ1v) is 42.6. The number of ether oxygens (including phenoxy) is 3. The average Bonchev–Trinajstić information content (AvgIpc) is 1.35. The van der Waals surface area contributed by atoms with E-state index >= 15 is 0 Å². The van der Waals surface area contributed by atoms with Crippen LogP contribution in [0.25, 0.3) is 33.4 Å². The van der Waals surface area contributed by atoms with Gasteiger partial charge in [0.05, 0.1) is 128 Å². The molecular weight excluding hydrogens is 1770 g/mol. The molecule has 0 aliphatic carbocycles. The monoisotopic (exact) mass is 1850 g/mol. The fraction of sp³-hybridized carbons (Fsp3) is 0.364. The highest BCUT2D eigenvalue weighted by Crippen LogP contribution is 2.40. The smallest absolute Gasteiger partial charge is 0.378 e. The van der Waals surface area contributed by atoms with E-state index in [2.05, 4.69) is 42.2 Å². The minimum atomic E-state index is -4.44. The molecule has 0 atom stereocenters. The highest BCUT2D eigenvalue weighted by molar-refractivity contribution is 6.40. The van der Waals surface area contributed by atoms with Gasteiger partial charge in [-0.1, -0.05) is 92.8 Å². The number of rotatable bonds is 13. The Morgan fingerprint density at radius 1 is 0.492 bits per heavy atom. The summed E-state index contributed by atoms with van der Waals surface area (Å²) in [6.45, 7) is 21.1. The molecular formula is C88H83Cl8F5N16O7. The number of morpholine rings is 3. The van der Waals surface area contributed by atoms with Crippen molar-refractivity contribution in [2.75, 3.05) is 92.0 Å². The second kappa shape index (κ2) is 38.6. The predicted octanol–water partition coefficient (Wildman–Crippen LogP) is 18.7. The van der Waals surface area contributed by atoms with E-state index < -0.39 is 17.7 Å². The summed E-state index contributed by atoms with van der Waals surface area (Å²) in [5.74, 6) is -0.537. The molecule has 4 saturated heterocycles. The minimum Gasteiger partial charge on any atom is -0.378 e. The second-order valence-electron chi connectivity index (χ2n) is 30.5. The van der Waals surface area contributed by atoms with Gasteiger partial charge in [0.2, 0.25) is 0 Å². The first kappa shape index (κ1) is 91.9. The molecule has 12 aromatic rings. The Morgan fingerprint density at radius 3 is 1.41 bits per heavy atom. The van der Waals surface area contributed by atoms with Crippen LogP contribution in [0.15, 0.2) is 78.9 Å². The number of piperidine rings is 1. The van der Waals surface area contributed by atoms with Crippen LogP contribution in [-0.2, 0) is 59.2 Å². The van der Waals surface area contributed by atoms with Gasteiger partial charge in [0.25, 0.3) is 29.6 Å². The Morgan fingerprint density at radius 2 is 0.944 bits per heavy atom. The lowest BCUT2D eigenvalue weighted by atomic mass is 10.0. The number of aryl methyl sites for hydroxylation is 8. The van der Waals surface area contributed by atoms with Gasteiger partial charge in [-0.25, -0.2) is 29.0 Å². The van der Waals surface area contributed by atoms with E-state index in [-0.39, 0.29) is 52.3 Å². The van der Waals surface area contributed by atoms with Crippen LogP contribution in [0.5, 0.6) is 0 Å². The maximum atomic E-state index is 13.9. The van der Waals surface area contributed by atoms with Crippen molar-refractivity contribution in [3.8, 4) is 18.4 Å². The van der Waals surface area contributed by atoms with E-state index in [4.69, 9.17) is 118 Å². The molecule has 4 aliphatic rings. The van der Waals surface area contributed by atoms with Gasteiger partial charge in [-0.2, -0.15) is 42.5 Å². The van der Waals surface area contributed by atoms with Crippen LogP contribution in [-0.4, -0.2) is 189 Å². The third-order valence-electron chi connectivity index (χ3n) is 22.1. The summed E-state index contributed by atoms with van der Waals surface area (Å²) in [4.78, 5) is 76.9. The van der Waals surface area contributed by atoms with Gasteiger partial charge in [-0.15, -0.1) is 6.42 Å². The largest absolute Gasteiger partial charge is 0.416 e. The molecule has 0 spiro atoms. The number of terminal acetylenes is 1. The zero-order valence-corrected chi connectivity index (χ0v) is 74.9. The van der Waals surface area contributed by atoms with Crippen LogP contribution < -0.4 is 0 Å². The first-order valence-electron chi connectivity index (χ1n) is 39.6. The zero-order chi connectivity index (χ0) is 89.2. The van der Waals surface area contributed by atoms with Crippen molar-refractivity contribution in [3.05, 3.63) is 243 Å². The summed E-state index contributed by atoms with van der Waals surface area (Å²) >= 11 is 52.3. The molecule has 0 radical (unpaired) electrons. The van der Waals surface area contributed by atoms with Gasteiger partial charge in [-0.05, 0) is 191 Å². The van der Waals surface area contributed by atoms with Crippen molar-refractivity contribution >= 4 is 150 Å². The maximum Gasteiger partial charge on any atom is 0.416 e. The molecule has 0 bridgehead atoms. The van der Waals surface area contributed by atoms with Crippen LogP contribution in [0.3, 0.4) is 0 Å². The van der Waals surface area contributed by atoms with E-state index in [9.17, 15) is 46.4 Å². The molecule has 0 saturated carbocycles. The SMILES string of the molecule is C#Cc1cc(C)c2nc(Cc3c(Cl)ccc(C(=O)N4CCOCC4)c3Cl)c(C)n2n1.Cc1cc(C(C)(F)F)nc2c1nc(Cc1c(Cl)ccc(C(=O)N3CCOCC3)c1Cl)n2C.Cc1cc2nc(Cc3c(Cl)ccc(C(=O)N4CCOCC4)c3Cl)c(C)n2nc1C#N.Cc1nn(Cc2c(Cl)ccc(C(=O)N3CCCCC3)c2Cl)c2c(C)cc(C(F)(F)F)cc12. The van der Waals surface area contributed by atoms with Crippen LogP contribution in [0.1, 0.15) is 169 Å². The summed E-state index contributed by atoms with van der Waals surface area (Å²) < 4.78 is 90.1. The minimum absolute atomic E-state index is 0.121. The number of nitriles is 1. The number of hydrogen-bond donors (Lipinski definition) is 0. The molecule has 648 valence electrons. The van der Waals surface area contributed by atoms with Crippen molar-refractivity contribution < 1.29 is 55.3 Å². The number of pyridine rings is 1. The van der Waals surface area contributed by atoms with Crippen molar-refractivity contribution in [1.29, 1.82) is 5.26 Å². The van der Waals surface area contributed by atoms with Crippen molar-refractivity contribution in [1.82, 2.24) is 73.1 Å². The lowest BCUT2D eigenvalue weighted by Crippen LogP contribution is -2.40. The molecule has 4 amide bonds. The molecule has 11 heterocycles. The fourth-order valence-corrected chi connectivity index (χ4v) is 17.5. The summed E-state index contributed by atoms with van der Waals surface area (Å²) in [7, 11) is 1.71. The quantitative estimate of drug-likeness (QED) is 0.0770. The van der Waals surface area contributed by atoms with Gasteiger partial charge in [-0.3, -0.25) is 23.9 Å². The summed E-state index contributed by atoms with van der Waals surface area (Å²) in [6, 6.07) is 22.6. The molecule has 7 aromatic heterocycles. The van der Waals surface area contributed by atoms with Gasteiger partial charge in [0, 0.05) is 117 Å². The Hall–Kier alpha value is -9.79. The number of hydrogen-bond acceptors (Lipinski definition) is 15. The normalized spacial score (nSPS) is 14.5. The summed E-state index contributed by atoms with van der Waals surface area (Å²) in [6.07, 6.45) is 5.03. The molecule has 5 aromatic carbocycles. The van der Waals surface area contributed by atoms with Gasteiger partial charge in [0.1, 0.15) is 28.8 Å². The van der Waals surface area contributed by atoms with Gasteiger partial charge in [0.15, 0.2) is 22.6 Å². The molecule has 124 heavy (non-hydrogen) atoms. The summed E-state index contributed by atoms with van der Waals surface area (Å²) in [5.41, 5.74) is 13.0. The number of imidazole rings is 3. The van der Waals surface area contributed by atoms with E-state index in [1.165, 1.54) is 6.07 Å². The highest BCUT2D eigenvalue weighted by Gasteiger charge is 2.35. The van der Waals surface area contributed by atoms with E-state index in [0.29, 0.717) is 241 Å². The van der Waals surface area contributed by atoms with Crippen molar-refractivity contribution in [2.24, 2.45) is 7.05 Å². The van der Waals surface area contributed by atoms with Gasteiger partial charge < -0.3 is 38.4 Å². The number of fused-ring (bicyclic) bond motifs is 4. The van der Waals surface area contributed by atoms with Crippen molar-refractivity contribution in [3.63, 3.8) is 0 Å². The summed E-state index contributed by atoms with van der Waals surface area (Å²) in [5, 5.41) is 25.8. The van der Waals surface area contributed by atoms with E-state index in [1.807, 2.05) is 39.8 Å². The van der Waals surface area contributed by atoms with Crippen LogP contribution in [0.2, 0.25) is 40.2 Å². The number of alkyl halides is 5. The molecule has 36 heteroatoms. The number of likely N-dealkylation sites (tertiary alicyclic amines) is 1. The third kappa shape index (κ3) is 19.6. The molecule has 0 unspecified atom stereocenters. The molecule has 4 aliphatic heterocycles. The Balaban J connectivity index is 0.000000142. The average molecular weight is 1860 g/mol. The number of benzene rings is 5. The van der Waals surface area contributed by atoms with E-state index in [0.717, 1.165) is 77.9 Å². The fourth-order valence-electron chi connectivity index (χ4n) is 15.2. The number of nitrogens with zero attached hydrogens (tertiary/aromatic N) is 16. The number of aromatic nitrogens is 11. The standard InChI is InChI=1S/C23H22Cl2F3N3O.C22H22Cl2F2N4O2.C22H20Cl2N4O2.C21H19Cl2N5O2/c1-13-10-15(23(26,27)28)11-17-14(2)29-31(21(13)17)12-18-19(24)7-6-16(20(18)25)22(32)30-8-4-3-5-9-30;1-12-10-16(22(2,25)26)27-20-19(12)28-17(29(20)3)11-14-15(23)5-4-13(18(14)24)21(31)30-6-8-32-9-7-30;1-4-15-11-13(2)21-25-19(14(3)28(21)26-15)12-17-18(23)6-5-16(20(17)24)22(29)27-7-9-30-10-8-27;1-12-9-19-25-17(13(2)28(19)26-18(12)11-24)10-15-16(22)4-3-14(20(15)23)21(29)27-5-7-30-8-6-27/h6-7,10-11H,3-5,8-9,12H2,1-2H3;4-5,10H,6-9,11H2,1-3H3;1,5-6,11H,7-10,12H2,2-3H3;3-4,9H,5-8,10H2,1-2H3.